The van der Waals surface area contributed by atoms with Crippen LogP contribution in [0.3, 0.4) is 0 Å². The number of hydrogen-bond donors (Lipinski definition) is 1. The van der Waals surface area contributed by atoms with E-state index in [0.717, 1.165) is 24.1 Å². The number of rotatable bonds is 3. The van der Waals surface area contributed by atoms with Crippen LogP contribution in [0.1, 0.15) is 24.5 Å². The maximum absolute atomic E-state index is 12.2. The summed E-state index contributed by atoms with van der Waals surface area (Å²) in [5, 5.41) is 9.37. The third-order valence-electron chi connectivity index (χ3n) is 3.95. The van der Waals surface area contributed by atoms with E-state index in [1.807, 2.05) is 37.3 Å². The molecule has 0 bridgehead atoms. The van der Waals surface area contributed by atoms with Crippen molar-refractivity contribution in [1.82, 2.24) is 4.90 Å². The quantitative estimate of drug-likeness (QED) is 0.846. The molecule has 1 aromatic carbocycles. The Kier molecular flexibility index (Phi) is 4.38. The first-order valence-corrected chi connectivity index (χ1v) is 6.78. The van der Waals surface area contributed by atoms with Crippen molar-refractivity contribution in [2.75, 3.05) is 13.2 Å². The highest BCUT2D eigenvalue weighted by Gasteiger charge is 2.32. The predicted octanol–water partition coefficient (Wildman–Crippen LogP) is 2.24. The average Bonchev–Trinajstić information content (AvgIpc) is 2.78. The molecule has 1 saturated heterocycles. The topological polar surface area (TPSA) is 40.5 Å². The third-order valence-corrected chi connectivity index (χ3v) is 3.95. The molecule has 19 heavy (non-hydrogen) atoms. The zero-order valence-corrected chi connectivity index (χ0v) is 11.5. The van der Waals surface area contributed by atoms with Crippen LogP contribution in [0.25, 0.3) is 6.08 Å². The summed E-state index contributed by atoms with van der Waals surface area (Å²) in [6.45, 7) is 4.90. The van der Waals surface area contributed by atoms with Crippen LogP contribution in [-0.2, 0) is 4.79 Å². The van der Waals surface area contributed by atoms with Crippen LogP contribution in [0.4, 0.5) is 0 Å². The van der Waals surface area contributed by atoms with Gasteiger partial charge >= 0.3 is 0 Å². The fourth-order valence-electron chi connectivity index (χ4n) is 2.59. The molecule has 1 heterocycles. The molecule has 1 aromatic rings. The lowest BCUT2D eigenvalue weighted by Crippen LogP contribution is -2.38. The monoisotopic (exact) mass is 259 g/mol. The van der Waals surface area contributed by atoms with E-state index in [2.05, 4.69) is 6.92 Å². The SMILES string of the molecule is Cc1ccccc1/C=C/C(=O)N1CCC(C)C1CO. The number of aryl methyl sites for hydroxylation is 1. The number of benzene rings is 1. The van der Waals surface area contributed by atoms with Crippen molar-refractivity contribution in [3.8, 4) is 0 Å². The molecule has 1 fully saturated rings. The maximum atomic E-state index is 12.2. The van der Waals surface area contributed by atoms with Gasteiger partial charge in [-0.1, -0.05) is 31.2 Å². The van der Waals surface area contributed by atoms with Gasteiger partial charge in [-0.05, 0) is 36.5 Å². The van der Waals surface area contributed by atoms with Gasteiger partial charge < -0.3 is 10.0 Å². The molecular formula is C16H21NO2. The van der Waals surface area contributed by atoms with Crippen LogP contribution in [0, 0.1) is 12.8 Å². The van der Waals surface area contributed by atoms with E-state index < -0.39 is 0 Å². The van der Waals surface area contributed by atoms with Crippen molar-refractivity contribution in [3.05, 3.63) is 41.5 Å². The summed E-state index contributed by atoms with van der Waals surface area (Å²) in [4.78, 5) is 14.0. The number of likely N-dealkylation sites (tertiary alicyclic amines) is 1. The largest absolute Gasteiger partial charge is 0.394 e. The first kappa shape index (κ1) is 13.8. The molecule has 0 saturated carbocycles. The van der Waals surface area contributed by atoms with Gasteiger partial charge in [0.25, 0.3) is 0 Å². The number of nitrogens with zero attached hydrogens (tertiary/aromatic N) is 1. The highest BCUT2D eigenvalue weighted by atomic mass is 16.3. The molecule has 3 nitrogen and oxygen atoms in total. The Morgan fingerprint density at radius 2 is 2.21 bits per heavy atom. The first-order chi connectivity index (χ1) is 9.13. The Morgan fingerprint density at radius 3 is 2.89 bits per heavy atom. The molecule has 102 valence electrons. The number of amides is 1. The maximum Gasteiger partial charge on any atom is 0.246 e. The Bertz CT molecular complexity index is 481. The fraction of sp³-hybridized carbons (Fsp3) is 0.438. The standard InChI is InChI=1S/C16H21NO2/c1-12-5-3-4-6-14(12)7-8-16(19)17-10-9-13(2)15(17)11-18/h3-8,13,15,18H,9-11H2,1-2H3/b8-7+. The summed E-state index contributed by atoms with van der Waals surface area (Å²) in [7, 11) is 0. The molecular weight excluding hydrogens is 238 g/mol. The minimum absolute atomic E-state index is 0.00773. The van der Waals surface area contributed by atoms with E-state index in [0.29, 0.717) is 5.92 Å². The van der Waals surface area contributed by atoms with Crippen LogP contribution in [-0.4, -0.2) is 35.1 Å². The van der Waals surface area contributed by atoms with E-state index in [1.54, 1.807) is 11.0 Å². The third kappa shape index (κ3) is 3.04. The smallest absolute Gasteiger partial charge is 0.246 e. The van der Waals surface area contributed by atoms with Crippen LogP contribution < -0.4 is 0 Å². The van der Waals surface area contributed by atoms with Crippen molar-refractivity contribution in [2.45, 2.75) is 26.3 Å². The number of hydrogen-bond acceptors (Lipinski definition) is 2. The summed E-state index contributed by atoms with van der Waals surface area (Å²) >= 11 is 0. The zero-order valence-electron chi connectivity index (χ0n) is 11.5. The minimum atomic E-state index is -0.0333. The predicted molar refractivity (Wildman–Crippen MR) is 76.6 cm³/mol. The minimum Gasteiger partial charge on any atom is -0.394 e. The number of aliphatic hydroxyl groups excluding tert-OH is 1. The van der Waals surface area contributed by atoms with Crippen LogP contribution in [0.15, 0.2) is 30.3 Å². The molecule has 1 amide bonds. The Balaban J connectivity index is 2.07. The second kappa shape index (κ2) is 6.02. The number of carbonyl (C=O) groups is 1. The lowest BCUT2D eigenvalue weighted by molar-refractivity contribution is -0.127. The first-order valence-electron chi connectivity index (χ1n) is 6.78. The van der Waals surface area contributed by atoms with Gasteiger partial charge in [0, 0.05) is 12.6 Å². The van der Waals surface area contributed by atoms with Crippen LogP contribution in [0.5, 0.6) is 0 Å². The number of aliphatic hydroxyl groups is 1. The lowest BCUT2D eigenvalue weighted by atomic mass is 10.0. The van der Waals surface area contributed by atoms with Gasteiger partial charge in [0.15, 0.2) is 0 Å². The molecule has 3 heteroatoms. The molecule has 1 N–H and O–H groups in total. The van der Waals surface area contributed by atoms with Gasteiger partial charge in [-0.2, -0.15) is 0 Å². The Labute approximate surface area is 114 Å². The summed E-state index contributed by atoms with van der Waals surface area (Å²) < 4.78 is 0. The fourth-order valence-corrected chi connectivity index (χ4v) is 2.59. The van der Waals surface area contributed by atoms with Crippen molar-refractivity contribution in [2.24, 2.45) is 5.92 Å². The summed E-state index contributed by atoms with van der Waals surface area (Å²) in [6.07, 6.45) is 4.44. The molecule has 1 aliphatic rings. The van der Waals surface area contributed by atoms with Crippen molar-refractivity contribution in [1.29, 1.82) is 0 Å². The van der Waals surface area contributed by atoms with Crippen LogP contribution in [0.2, 0.25) is 0 Å². The molecule has 1 aliphatic heterocycles. The van der Waals surface area contributed by atoms with Crippen molar-refractivity contribution in [3.63, 3.8) is 0 Å². The van der Waals surface area contributed by atoms with E-state index in [-0.39, 0.29) is 18.6 Å². The van der Waals surface area contributed by atoms with Gasteiger partial charge in [0.1, 0.15) is 0 Å². The molecule has 2 atom stereocenters. The van der Waals surface area contributed by atoms with Gasteiger partial charge in [-0.15, -0.1) is 0 Å². The molecule has 0 radical (unpaired) electrons. The van der Waals surface area contributed by atoms with Gasteiger partial charge in [-0.3, -0.25) is 4.79 Å². The number of carbonyl (C=O) groups excluding carboxylic acids is 1. The highest BCUT2D eigenvalue weighted by Crippen LogP contribution is 2.23. The molecule has 2 unspecified atom stereocenters. The molecule has 0 aliphatic carbocycles. The van der Waals surface area contributed by atoms with E-state index in [9.17, 15) is 9.90 Å². The normalized spacial score (nSPS) is 23.2. The second-order valence-electron chi connectivity index (χ2n) is 5.24. The molecule has 2 rings (SSSR count). The highest BCUT2D eigenvalue weighted by molar-refractivity contribution is 5.92. The molecule has 0 aromatic heterocycles. The zero-order chi connectivity index (χ0) is 13.8. The summed E-state index contributed by atoms with van der Waals surface area (Å²) in [5.41, 5.74) is 2.21. The van der Waals surface area contributed by atoms with E-state index in [1.165, 1.54) is 0 Å². The summed E-state index contributed by atoms with van der Waals surface area (Å²) in [6, 6.07) is 7.94. The van der Waals surface area contributed by atoms with E-state index in [4.69, 9.17) is 0 Å². The van der Waals surface area contributed by atoms with Gasteiger partial charge in [0.05, 0.1) is 12.6 Å². The van der Waals surface area contributed by atoms with E-state index >= 15 is 0 Å². The molecule has 0 spiro atoms. The van der Waals surface area contributed by atoms with Crippen LogP contribution >= 0.6 is 0 Å². The Hall–Kier alpha value is -1.61. The average molecular weight is 259 g/mol. The second-order valence-corrected chi connectivity index (χ2v) is 5.24. The van der Waals surface area contributed by atoms with Gasteiger partial charge in [-0.25, -0.2) is 0 Å². The lowest BCUT2D eigenvalue weighted by Gasteiger charge is -2.23. The summed E-state index contributed by atoms with van der Waals surface area (Å²) in [5.74, 6) is 0.368. The van der Waals surface area contributed by atoms with Crippen molar-refractivity contribution >= 4 is 12.0 Å². The Morgan fingerprint density at radius 1 is 1.47 bits per heavy atom. The van der Waals surface area contributed by atoms with Crippen molar-refractivity contribution < 1.29 is 9.90 Å². The van der Waals surface area contributed by atoms with Gasteiger partial charge in [0.2, 0.25) is 5.91 Å².